The molecule has 2 aromatic carbocycles. The highest BCUT2D eigenvalue weighted by Crippen LogP contribution is 2.27. The molecule has 0 aromatic heterocycles. The van der Waals surface area contributed by atoms with Gasteiger partial charge in [-0.05, 0) is 47.9 Å². The largest absolute Gasteiger partial charge is 0.504 e. The molecule has 0 fully saturated rings. The van der Waals surface area contributed by atoms with Crippen LogP contribution in [0.2, 0.25) is 0 Å². The lowest BCUT2D eigenvalue weighted by atomic mass is 10.1. The Morgan fingerprint density at radius 2 is 1.68 bits per heavy atom. The zero-order valence-electron chi connectivity index (χ0n) is 14.2. The molecule has 6 heteroatoms. The van der Waals surface area contributed by atoms with Gasteiger partial charge >= 0.3 is 0 Å². The van der Waals surface area contributed by atoms with Gasteiger partial charge < -0.3 is 25.0 Å². The molecular weight excluding hydrogens is 322 g/mol. The molecule has 3 N–H and O–H groups in total. The van der Waals surface area contributed by atoms with Gasteiger partial charge in [0.05, 0.1) is 14.2 Å². The number of carbonyl (C=O) groups excluding carboxylic acids is 1. The first-order chi connectivity index (χ1) is 12.0. The summed E-state index contributed by atoms with van der Waals surface area (Å²) >= 11 is 0. The van der Waals surface area contributed by atoms with E-state index in [-0.39, 0.29) is 17.4 Å². The van der Waals surface area contributed by atoms with E-state index in [1.165, 1.54) is 26.4 Å². The van der Waals surface area contributed by atoms with Crippen molar-refractivity contribution in [3.8, 4) is 23.0 Å². The van der Waals surface area contributed by atoms with Gasteiger partial charge in [-0.2, -0.15) is 0 Å². The van der Waals surface area contributed by atoms with Crippen LogP contribution >= 0.6 is 0 Å². The fraction of sp³-hybridized carbons (Fsp3) is 0.211. The summed E-state index contributed by atoms with van der Waals surface area (Å²) in [6.45, 7) is 0.433. The topological polar surface area (TPSA) is 88.0 Å². The summed E-state index contributed by atoms with van der Waals surface area (Å²) < 4.78 is 9.95. The van der Waals surface area contributed by atoms with Crippen LogP contribution in [-0.2, 0) is 11.2 Å². The molecule has 0 saturated heterocycles. The number of phenols is 2. The van der Waals surface area contributed by atoms with Crippen LogP contribution < -0.4 is 14.8 Å². The number of aromatic hydroxyl groups is 2. The Kier molecular flexibility index (Phi) is 6.28. The lowest BCUT2D eigenvalue weighted by molar-refractivity contribution is -0.116. The SMILES string of the molecule is COc1ccc(/C=C/C(=O)NCCc2ccc(OC)c(O)c2)cc1O. The number of methoxy groups -OCH3 is 2. The van der Waals surface area contributed by atoms with Gasteiger partial charge in [0.25, 0.3) is 0 Å². The second-order valence-corrected chi connectivity index (χ2v) is 5.31. The minimum Gasteiger partial charge on any atom is -0.504 e. The summed E-state index contributed by atoms with van der Waals surface area (Å²) in [6.07, 6.45) is 3.58. The molecule has 0 atom stereocenters. The van der Waals surface area contributed by atoms with Gasteiger partial charge in [-0.3, -0.25) is 4.79 Å². The first-order valence-electron chi connectivity index (χ1n) is 7.72. The van der Waals surface area contributed by atoms with E-state index in [1.54, 1.807) is 30.3 Å². The molecule has 132 valence electrons. The van der Waals surface area contributed by atoms with Crippen molar-refractivity contribution in [2.75, 3.05) is 20.8 Å². The third-order valence-corrected chi connectivity index (χ3v) is 3.59. The number of hydrogen-bond donors (Lipinski definition) is 3. The average molecular weight is 343 g/mol. The summed E-state index contributed by atoms with van der Waals surface area (Å²) in [5, 5.41) is 22.2. The molecule has 1 amide bonds. The number of amides is 1. The fourth-order valence-electron chi connectivity index (χ4n) is 2.26. The van der Waals surface area contributed by atoms with E-state index in [0.29, 0.717) is 30.0 Å². The first-order valence-corrected chi connectivity index (χ1v) is 7.72. The number of hydrogen-bond acceptors (Lipinski definition) is 5. The van der Waals surface area contributed by atoms with Gasteiger partial charge in [-0.25, -0.2) is 0 Å². The highest BCUT2D eigenvalue weighted by molar-refractivity contribution is 5.91. The molecule has 0 aliphatic heterocycles. The van der Waals surface area contributed by atoms with E-state index < -0.39 is 0 Å². The normalized spacial score (nSPS) is 10.6. The molecule has 0 aliphatic rings. The van der Waals surface area contributed by atoms with E-state index in [1.807, 2.05) is 6.07 Å². The molecular formula is C19H21NO5. The Hall–Kier alpha value is -3.15. The Morgan fingerprint density at radius 3 is 2.28 bits per heavy atom. The summed E-state index contributed by atoms with van der Waals surface area (Å²) in [5.74, 6) is 0.644. The molecule has 0 saturated carbocycles. The Labute approximate surface area is 146 Å². The molecule has 2 rings (SSSR count). The van der Waals surface area contributed by atoms with E-state index in [4.69, 9.17) is 9.47 Å². The fourth-order valence-corrected chi connectivity index (χ4v) is 2.26. The maximum Gasteiger partial charge on any atom is 0.244 e. The molecule has 0 unspecified atom stereocenters. The number of ether oxygens (including phenoxy) is 2. The lowest BCUT2D eigenvalue weighted by Crippen LogP contribution is -2.23. The van der Waals surface area contributed by atoms with Crippen molar-refractivity contribution >= 4 is 12.0 Å². The van der Waals surface area contributed by atoms with Gasteiger partial charge in [0, 0.05) is 12.6 Å². The van der Waals surface area contributed by atoms with Crippen LogP contribution in [0.3, 0.4) is 0 Å². The van der Waals surface area contributed by atoms with Gasteiger partial charge in [0.2, 0.25) is 5.91 Å². The molecule has 0 aliphatic carbocycles. The average Bonchev–Trinajstić information content (AvgIpc) is 2.60. The number of rotatable bonds is 7. The van der Waals surface area contributed by atoms with Crippen molar-refractivity contribution in [2.24, 2.45) is 0 Å². The summed E-state index contributed by atoms with van der Waals surface area (Å²) in [6, 6.07) is 10.0. The van der Waals surface area contributed by atoms with Crippen molar-refractivity contribution in [1.82, 2.24) is 5.32 Å². The first kappa shape index (κ1) is 18.2. The molecule has 25 heavy (non-hydrogen) atoms. The maximum atomic E-state index is 11.8. The molecule has 2 aromatic rings. The van der Waals surface area contributed by atoms with Crippen molar-refractivity contribution < 1.29 is 24.5 Å². The number of phenolic OH excluding ortho intramolecular Hbond substituents is 2. The number of nitrogens with one attached hydrogen (secondary N) is 1. The second-order valence-electron chi connectivity index (χ2n) is 5.31. The standard InChI is InChI=1S/C19H21NO5/c1-24-17-6-3-13(11-15(17)21)5-8-19(23)20-10-9-14-4-7-18(25-2)16(22)12-14/h3-8,11-12,21-22H,9-10H2,1-2H3,(H,20,23)/b8-5+. The van der Waals surface area contributed by atoms with E-state index in [2.05, 4.69) is 5.32 Å². The van der Waals surface area contributed by atoms with E-state index in [9.17, 15) is 15.0 Å². The van der Waals surface area contributed by atoms with E-state index in [0.717, 1.165) is 5.56 Å². The highest BCUT2D eigenvalue weighted by Gasteiger charge is 2.04. The minimum absolute atomic E-state index is 0.0179. The van der Waals surface area contributed by atoms with Crippen LogP contribution in [-0.4, -0.2) is 36.9 Å². The second kappa shape index (κ2) is 8.63. The van der Waals surface area contributed by atoms with Crippen molar-refractivity contribution in [3.63, 3.8) is 0 Å². The monoisotopic (exact) mass is 343 g/mol. The van der Waals surface area contributed by atoms with Crippen LogP contribution in [0, 0.1) is 0 Å². The molecule has 0 radical (unpaired) electrons. The van der Waals surface area contributed by atoms with Crippen molar-refractivity contribution in [2.45, 2.75) is 6.42 Å². The van der Waals surface area contributed by atoms with Crippen LogP contribution in [0.25, 0.3) is 6.08 Å². The maximum absolute atomic E-state index is 11.8. The van der Waals surface area contributed by atoms with Crippen LogP contribution in [0.15, 0.2) is 42.5 Å². The number of benzene rings is 2. The molecule has 0 spiro atoms. The van der Waals surface area contributed by atoms with Crippen molar-refractivity contribution in [3.05, 3.63) is 53.6 Å². The third kappa shape index (κ3) is 5.17. The Balaban J connectivity index is 1.84. The predicted molar refractivity (Wildman–Crippen MR) is 95.1 cm³/mol. The molecule has 6 nitrogen and oxygen atoms in total. The summed E-state index contributed by atoms with van der Waals surface area (Å²) in [4.78, 5) is 11.8. The van der Waals surface area contributed by atoms with Crippen molar-refractivity contribution in [1.29, 1.82) is 0 Å². The van der Waals surface area contributed by atoms with Gasteiger partial charge in [-0.15, -0.1) is 0 Å². The Morgan fingerprint density at radius 1 is 1.04 bits per heavy atom. The lowest BCUT2D eigenvalue weighted by Gasteiger charge is -2.07. The van der Waals surface area contributed by atoms with Gasteiger partial charge in [-0.1, -0.05) is 12.1 Å². The molecule has 0 bridgehead atoms. The van der Waals surface area contributed by atoms with Gasteiger partial charge in [0.1, 0.15) is 0 Å². The number of carbonyl (C=O) groups is 1. The zero-order chi connectivity index (χ0) is 18.2. The highest BCUT2D eigenvalue weighted by atomic mass is 16.5. The van der Waals surface area contributed by atoms with Crippen LogP contribution in [0.5, 0.6) is 23.0 Å². The summed E-state index contributed by atoms with van der Waals surface area (Å²) in [5.41, 5.74) is 1.58. The van der Waals surface area contributed by atoms with Crippen LogP contribution in [0.1, 0.15) is 11.1 Å². The minimum atomic E-state index is -0.243. The zero-order valence-corrected chi connectivity index (χ0v) is 14.2. The van der Waals surface area contributed by atoms with Crippen LogP contribution in [0.4, 0.5) is 0 Å². The Bertz CT molecular complexity index is 770. The molecule has 0 heterocycles. The summed E-state index contributed by atoms with van der Waals surface area (Å²) in [7, 11) is 2.96. The quantitative estimate of drug-likeness (QED) is 0.672. The third-order valence-electron chi connectivity index (χ3n) is 3.59. The predicted octanol–water partition coefficient (Wildman–Crippen LogP) is 2.49. The van der Waals surface area contributed by atoms with Gasteiger partial charge in [0.15, 0.2) is 23.0 Å². The smallest absolute Gasteiger partial charge is 0.244 e. The van der Waals surface area contributed by atoms with E-state index >= 15 is 0 Å².